The molecule has 0 amide bonds. The molecule has 0 saturated heterocycles. The number of ether oxygens (including phenoxy) is 2. The van der Waals surface area contributed by atoms with Gasteiger partial charge in [-0.1, -0.05) is 0 Å². The molecule has 3 N–H and O–H groups in total. The van der Waals surface area contributed by atoms with Crippen LogP contribution >= 0.6 is 0 Å². The summed E-state index contributed by atoms with van der Waals surface area (Å²) in [4.78, 5) is 29.0. The summed E-state index contributed by atoms with van der Waals surface area (Å²) in [5, 5.41) is 13.7. The molecule has 8 heteroatoms. The number of hydrogen-bond donors (Lipinski definition) is 3. The highest BCUT2D eigenvalue weighted by molar-refractivity contribution is 6.10. The number of fused-ring (bicyclic) bond motifs is 1. The molecule has 1 aromatic heterocycles. The fraction of sp³-hybridized carbons (Fsp3) is 0.474. The van der Waals surface area contributed by atoms with E-state index in [0.29, 0.717) is 23.0 Å². The minimum absolute atomic E-state index is 0.0406. The van der Waals surface area contributed by atoms with Gasteiger partial charge < -0.3 is 29.8 Å². The number of nitrogens with one attached hydrogen (secondary N) is 2. The number of H-pyrrole nitrogens is 1. The molecule has 148 valence electrons. The molecule has 2 rings (SSSR count). The summed E-state index contributed by atoms with van der Waals surface area (Å²) >= 11 is 0. The van der Waals surface area contributed by atoms with Crippen molar-refractivity contribution < 1.29 is 24.2 Å². The molecule has 1 heterocycles. The van der Waals surface area contributed by atoms with Crippen LogP contribution in [0.1, 0.15) is 31.1 Å². The molecule has 0 aliphatic carbocycles. The Morgan fingerprint density at radius 1 is 1.26 bits per heavy atom. The van der Waals surface area contributed by atoms with E-state index in [1.807, 2.05) is 39.8 Å². The number of carbonyl (C=O) groups is 2. The lowest BCUT2D eigenvalue weighted by Crippen LogP contribution is -2.39. The van der Waals surface area contributed by atoms with Gasteiger partial charge in [-0.05, 0) is 47.0 Å². The Morgan fingerprint density at radius 3 is 2.59 bits per heavy atom. The number of aromatic amines is 1. The van der Waals surface area contributed by atoms with Gasteiger partial charge in [0.25, 0.3) is 0 Å². The number of likely N-dealkylation sites (N-methyl/N-ethyl adjacent to an activating group) is 1. The molecule has 0 fully saturated rings. The van der Waals surface area contributed by atoms with Crippen LogP contribution in [0.15, 0.2) is 18.2 Å². The third-order valence-electron chi connectivity index (χ3n) is 3.78. The SMILES string of the molecule is CN(C)CCOC(=O)Oc1cc2c(C(=O)CNC(C)(C)C)ccc(O)c2[nH]1. The monoisotopic (exact) mass is 377 g/mol. The average Bonchev–Trinajstić information content (AvgIpc) is 2.96. The van der Waals surface area contributed by atoms with Crippen LogP contribution in [0.3, 0.4) is 0 Å². The maximum Gasteiger partial charge on any atom is 0.515 e. The van der Waals surface area contributed by atoms with Crippen molar-refractivity contribution in [3.63, 3.8) is 0 Å². The summed E-state index contributed by atoms with van der Waals surface area (Å²) in [7, 11) is 3.73. The van der Waals surface area contributed by atoms with Gasteiger partial charge in [0.1, 0.15) is 12.4 Å². The smallest absolute Gasteiger partial charge is 0.506 e. The van der Waals surface area contributed by atoms with Gasteiger partial charge in [-0.3, -0.25) is 4.79 Å². The Labute approximate surface area is 158 Å². The summed E-state index contributed by atoms with van der Waals surface area (Å²) in [6.07, 6.45) is -0.856. The molecule has 1 aromatic carbocycles. The van der Waals surface area contributed by atoms with E-state index < -0.39 is 6.16 Å². The van der Waals surface area contributed by atoms with Gasteiger partial charge in [0.2, 0.25) is 5.88 Å². The first-order valence-corrected chi connectivity index (χ1v) is 8.69. The molecule has 8 nitrogen and oxygen atoms in total. The molecule has 0 aliphatic heterocycles. The van der Waals surface area contributed by atoms with Crippen LogP contribution in [0.25, 0.3) is 10.9 Å². The van der Waals surface area contributed by atoms with E-state index in [-0.39, 0.29) is 36.1 Å². The van der Waals surface area contributed by atoms with Gasteiger partial charge in [0, 0.05) is 29.1 Å². The van der Waals surface area contributed by atoms with Crippen LogP contribution in [-0.4, -0.2) is 66.3 Å². The second-order valence-corrected chi connectivity index (χ2v) is 7.59. The predicted molar refractivity (Wildman–Crippen MR) is 103 cm³/mol. The van der Waals surface area contributed by atoms with Crippen molar-refractivity contribution in [2.24, 2.45) is 0 Å². The van der Waals surface area contributed by atoms with Crippen LogP contribution in [-0.2, 0) is 4.74 Å². The molecular formula is C19H27N3O5. The Balaban J connectivity index is 2.16. The van der Waals surface area contributed by atoms with Gasteiger partial charge in [-0.2, -0.15) is 0 Å². The number of aromatic nitrogens is 1. The fourth-order valence-corrected chi connectivity index (χ4v) is 2.35. The second-order valence-electron chi connectivity index (χ2n) is 7.59. The Hall–Kier alpha value is -2.58. The van der Waals surface area contributed by atoms with Crippen LogP contribution in [0, 0.1) is 0 Å². The highest BCUT2D eigenvalue weighted by Gasteiger charge is 2.19. The first-order chi connectivity index (χ1) is 12.6. The lowest BCUT2D eigenvalue weighted by atomic mass is 10.0. The van der Waals surface area contributed by atoms with Gasteiger partial charge >= 0.3 is 6.16 Å². The number of nitrogens with zero attached hydrogens (tertiary/aromatic N) is 1. The summed E-state index contributed by atoms with van der Waals surface area (Å²) in [5.74, 6) is -0.0747. The zero-order valence-corrected chi connectivity index (χ0v) is 16.4. The number of benzene rings is 1. The topological polar surface area (TPSA) is 104 Å². The fourth-order valence-electron chi connectivity index (χ4n) is 2.35. The van der Waals surface area contributed by atoms with Crippen LogP contribution in [0.5, 0.6) is 11.6 Å². The Bertz CT molecular complexity index is 821. The molecule has 0 atom stereocenters. The molecule has 0 aliphatic rings. The number of rotatable bonds is 7. The van der Waals surface area contributed by atoms with E-state index in [4.69, 9.17) is 9.47 Å². The van der Waals surface area contributed by atoms with Gasteiger partial charge in [0.05, 0.1) is 12.1 Å². The molecule has 0 unspecified atom stereocenters. The van der Waals surface area contributed by atoms with E-state index in [9.17, 15) is 14.7 Å². The maximum atomic E-state index is 12.6. The highest BCUT2D eigenvalue weighted by Crippen LogP contribution is 2.31. The molecule has 0 radical (unpaired) electrons. The van der Waals surface area contributed by atoms with Crippen LogP contribution < -0.4 is 10.1 Å². The third-order valence-corrected chi connectivity index (χ3v) is 3.78. The number of phenols is 1. The Kier molecular flexibility index (Phi) is 6.45. The van der Waals surface area contributed by atoms with E-state index in [1.54, 1.807) is 6.07 Å². The first-order valence-electron chi connectivity index (χ1n) is 8.69. The molecular weight excluding hydrogens is 350 g/mol. The van der Waals surface area contributed by atoms with Crippen LogP contribution in [0.4, 0.5) is 4.79 Å². The molecule has 0 spiro atoms. The zero-order valence-electron chi connectivity index (χ0n) is 16.4. The largest absolute Gasteiger partial charge is 0.515 e. The maximum absolute atomic E-state index is 12.6. The third kappa shape index (κ3) is 5.97. The van der Waals surface area contributed by atoms with Crippen molar-refractivity contribution >= 4 is 22.8 Å². The minimum atomic E-state index is -0.856. The van der Waals surface area contributed by atoms with E-state index in [1.165, 1.54) is 12.1 Å². The van der Waals surface area contributed by atoms with E-state index >= 15 is 0 Å². The summed E-state index contributed by atoms with van der Waals surface area (Å²) in [6.45, 7) is 6.82. The minimum Gasteiger partial charge on any atom is -0.506 e. The van der Waals surface area contributed by atoms with E-state index in [0.717, 1.165) is 0 Å². The second kappa shape index (κ2) is 8.41. The molecule has 27 heavy (non-hydrogen) atoms. The van der Waals surface area contributed by atoms with Crippen molar-refractivity contribution in [2.75, 3.05) is 33.8 Å². The lowest BCUT2D eigenvalue weighted by Gasteiger charge is -2.19. The highest BCUT2D eigenvalue weighted by atomic mass is 16.7. The normalized spacial score (nSPS) is 11.8. The predicted octanol–water partition coefficient (Wildman–Crippen LogP) is 2.52. The number of carbonyl (C=O) groups excluding carboxylic acids is 2. The number of aromatic hydroxyl groups is 1. The summed E-state index contributed by atoms with van der Waals surface area (Å²) in [5.41, 5.74) is 0.549. The lowest BCUT2D eigenvalue weighted by molar-refractivity contribution is 0.0915. The Morgan fingerprint density at radius 2 is 1.96 bits per heavy atom. The average molecular weight is 377 g/mol. The summed E-state index contributed by atoms with van der Waals surface area (Å²) < 4.78 is 10.1. The zero-order chi connectivity index (χ0) is 20.2. The van der Waals surface area contributed by atoms with Crippen LogP contribution in [0.2, 0.25) is 0 Å². The summed E-state index contributed by atoms with van der Waals surface area (Å²) in [6, 6.07) is 4.49. The van der Waals surface area contributed by atoms with Gasteiger partial charge in [-0.25, -0.2) is 4.79 Å². The molecule has 0 saturated carbocycles. The van der Waals surface area contributed by atoms with Gasteiger partial charge in [-0.15, -0.1) is 0 Å². The van der Waals surface area contributed by atoms with Crippen molar-refractivity contribution in [3.05, 3.63) is 23.8 Å². The molecule has 0 bridgehead atoms. The number of phenolic OH excluding ortho intramolecular Hbond substituents is 1. The number of Topliss-reactive ketones (excluding diaryl/α,β-unsaturated/α-hetero) is 1. The quantitative estimate of drug-likeness (QED) is 0.503. The standard InChI is InChI=1S/C19H27N3O5/c1-19(2,3)20-11-15(24)12-6-7-14(23)17-13(12)10-16(21-17)27-18(25)26-9-8-22(4)5/h6-7,10,20-21,23H,8-9,11H2,1-5H3. The van der Waals surface area contributed by atoms with Gasteiger partial charge in [0.15, 0.2) is 5.78 Å². The van der Waals surface area contributed by atoms with E-state index in [2.05, 4.69) is 10.3 Å². The molecule has 2 aromatic rings. The van der Waals surface area contributed by atoms with Crippen molar-refractivity contribution in [1.29, 1.82) is 0 Å². The number of hydrogen-bond acceptors (Lipinski definition) is 7. The van der Waals surface area contributed by atoms with Crippen molar-refractivity contribution in [2.45, 2.75) is 26.3 Å². The van der Waals surface area contributed by atoms with Crippen molar-refractivity contribution in [1.82, 2.24) is 15.2 Å². The van der Waals surface area contributed by atoms with Crippen molar-refractivity contribution in [3.8, 4) is 11.6 Å². The number of ketones is 1. The first kappa shape index (κ1) is 20.7.